The van der Waals surface area contributed by atoms with Crippen molar-refractivity contribution >= 4 is 34.2 Å². The molecule has 2 N–H and O–H groups in total. The highest BCUT2D eigenvalue weighted by molar-refractivity contribution is 7.13. The molecule has 1 unspecified atom stereocenters. The first-order chi connectivity index (χ1) is 13.5. The summed E-state index contributed by atoms with van der Waals surface area (Å²) in [7, 11) is 0. The Balaban J connectivity index is 1.53. The summed E-state index contributed by atoms with van der Waals surface area (Å²) in [5.41, 5.74) is 2.46. The smallest absolute Gasteiger partial charge is 0.229 e. The number of amides is 3. The highest BCUT2D eigenvalue weighted by atomic mass is 32.1. The van der Waals surface area contributed by atoms with Crippen LogP contribution in [0.1, 0.15) is 37.8 Å². The van der Waals surface area contributed by atoms with Gasteiger partial charge in [0.25, 0.3) is 0 Å². The molecule has 148 valence electrons. The van der Waals surface area contributed by atoms with Crippen LogP contribution in [0.4, 0.5) is 5.13 Å². The normalized spacial score (nSPS) is 15.7. The summed E-state index contributed by atoms with van der Waals surface area (Å²) < 4.78 is 0. The van der Waals surface area contributed by atoms with Crippen molar-refractivity contribution in [1.29, 1.82) is 0 Å². The molecule has 3 amide bonds. The van der Waals surface area contributed by atoms with Crippen molar-refractivity contribution in [3.8, 4) is 0 Å². The van der Waals surface area contributed by atoms with Gasteiger partial charge in [-0.3, -0.25) is 14.4 Å². The van der Waals surface area contributed by atoms with Crippen LogP contribution in [0.25, 0.3) is 0 Å². The monoisotopic (exact) mass is 401 g/mol. The summed E-state index contributed by atoms with van der Waals surface area (Å²) in [5.74, 6) is -0.420. The largest absolute Gasteiger partial charge is 0.349 e. The van der Waals surface area contributed by atoms with Crippen LogP contribution in [0.2, 0.25) is 0 Å². The summed E-state index contributed by atoms with van der Waals surface area (Å²) in [4.78, 5) is 38.4. The quantitative estimate of drug-likeness (QED) is 0.770. The molecule has 8 nitrogen and oxygen atoms in total. The third-order valence-electron chi connectivity index (χ3n) is 4.77. The van der Waals surface area contributed by atoms with Gasteiger partial charge in [-0.2, -0.15) is 0 Å². The van der Waals surface area contributed by atoms with Crippen molar-refractivity contribution < 1.29 is 14.4 Å². The van der Waals surface area contributed by atoms with Gasteiger partial charge >= 0.3 is 0 Å². The number of carbonyl (C=O) groups is 3. The second-order valence-electron chi connectivity index (χ2n) is 6.76. The molecular formula is C19H23N5O3S. The number of anilines is 1. The number of piperidine rings is 1. The average Bonchev–Trinajstić information content (AvgIpc) is 3.21. The molecule has 1 fully saturated rings. The molecule has 1 aromatic carbocycles. The lowest BCUT2D eigenvalue weighted by Gasteiger charge is -2.32. The van der Waals surface area contributed by atoms with E-state index in [2.05, 4.69) is 20.8 Å². The standard InChI is InChI=1S/C19H23N5O3S/c1-13(25)21-16(14-5-3-2-4-6-14)11-17(26)24-9-7-15(8-10-24)18(27)22-19-23-20-12-28-19/h2-6,12,15-16H,7-11H2,1H3,(H,21,25)(H,22,23,27). The number of carbonyl (C=O) groups excluding carboxylic acids is 3. The third-order valence-corrected chi connectivity index (χ3v) is 5.37. The van der Waals surface area contributed by atoms with Crippen LogP contribution in [-0.2, 0) is 14.4 Å². The molecule has 3 rings (SSSR count). The maximum Gasteiger partial charge on any atom is 0.229 e. The van der Waals surface area contributed by atoms with Crippen LogP contribution in [0.15, 0.2) is 35.8 Å². The van der Waals surface area contributed by atoms with Crippen molar-refractivity contribution in [2.75, 3.05) is 18.4 Å². The van der Waals surface area contributed by atoms with Gasteiger partial charge in [-0.1, -0.05) is 41.7 Å². The van der Waals surface area contributed by atoms with Crippen LogP contribution in [0.5, 0.6) is 0 Å². The minimum absolute atomic E-state index is 0.0226. The third kappa shape index (κ3) is 5.35. The number of nitrogens with zero attached hydrogens (tertiary/aromatic N) is 3. The number of hydrogen-bond acceptors (Lipinski definition) is 6. The van der Waals surface area contributed by atoms with Crippen molar-refractivity contribution in [3.05, 3.63) is 41.4 Å². The fourth-order valence-electron chi connectivity index (χ4n) is 3.31. The van der Waals surface area contributed by atoms with Gasteiger partial charge < -0.3 is 15.5 Å². The van der Waals surface area contributed by atoms with Crippen LogP contribution in [0.3, 0.4) is 0 Å². The van der Waals surface area contributed by atoms with E-state index in [-0.39, 0.29) is 36.1 Å². The van der Waals surface area contributed by atoms with Gasteiger partial charge in [0.1, 0.15) is 5.51 Å². The minimum atomic E-state index is -0.357. The summed E-state index contributed by atoms with van der Waals surface area (Å²) in [6, 6.07) is 9.11. The van der Waals surface area contributed by atoms with Gasteiger partial charge in [-0.25, -0.2) is 0 Å². The minimum Gasteiger partial charge on any atom is -0.349 e. The van der Waals surface area contributed by atoms with E-state index in [4.69, 9.17) is 0 Å². The van der Waals surface area contributed by atoms with Gasteiger partial charge in [0, 0.05) is 25.9 Å². The summed E-state index contributed by atoms with van der Waals surface area (Å²) in [6.07, 6.45) is 1.41. The Morgan fingerprint density at radius 1 is 1.21 bits per heavy atom. The van der Waals surface area contributed by atoms with E-state index >= 15 is 0 Å². The predicted octanol–water partition coefficient (Wildman–Crippen LogP) is 1.98. The van der Waals surface area contributed by atoms with Crippen LogP contribution in [-0.4, -0.2) is 45.9 Å². The zero-order chi connectivity index (χ0) is 19.9. The highest BCUT2D eigenvalue weighted by Crippen LogP contribution is 2.23. The van der Waals surface area contributed by atoms with Crippen LogP contribution < -0.4 is 10.6 Å². The summed E-state index contributed by atoms with van der Waals surface area (Å²) in [6.45, 7) is 2.49. The molecule has 0 bridgehead atoms. The SMILES string of the molecule is CC(=O)NC(CC(=O)N1CCC(C(=O)Nc2nncs2)CC1)c1ccccc1. The molecule has 9 heteroatoms. The summed E-state index contributed by atoms with van der Waals surface area (Å²) >= 11 is 1.28. The molecule has 1 aliphatic heterocycles. The van der Waals surface area contributed by atoms with Gasteiger partial charge in [-0.05, 0) is 18.4 Å². The van der Waals surface area contributed by atoms with Gasteiger partial charge in [0.15, 0.2) is 0 Å². The fourth-order valence-corrected chi connectivity index (χ4v) is 3.76. The molecule has 1 aromatic heterocycles. The first-order valence-electron chi connectivity index (χ1n) is 9.20. The molecule has 1 saturated heterocycles. The second kappa shape index (κ2) is 9.41. The van der Waals surface area contributed by atoms with Gasteiger partial charge in [0.2, 0.25) is 22.9 Å². The lowest BCUT2D eigenvalue weighted by molar-refractivity contribution is -0.135. The summed E-state index contributed by atoms with van der Waals surface area (Å²) in [5, 5.41) is 13.6. The highest BCUT2D eigenvalue weighted by Gasteiger charge is 2.29. The Labute approximate surface area is 167 Å². The van der Waals surface area contributed by atoms with Crippen molar-refractivity contribution in [3.63, 3.8) is 0 Å². The molecular weight excluding hydrogens is 378 g/mol. The lowest BCUT2D eigenvalue weighted by Crippen LogP contribution is -2.43. The zero-order valence-corrected chi connectivity index (χ0v) is 16.4. The Morgan fingerprint density at radius 3 is 2.54 bits per heavy atom. The van der Waals surface area contributed by atoms with E-state index < -0.39 is 0 Å². The van der Waals surface area contributed by atoms with Crippen molar-refractivity contribution in [2.45, 2.75) is 32.2 Å². The molecule has 0 aliphatic carbocycles. The predicted molar refractivity (Wildman–Crippen MR) is 105 cm³/mol. The number of benzene rings is 1. The first-order valence-corrected chi connectivity index (χ1v) is 10.1. The number of hydrogen-bond donors (Lipinski definition) is 2. The zero-order valence-electron chi connectivity index (χ0n) is 15.6. The number of nitrogens with one attached hydrogen (secondary N) is 2. The Hall–Kier alpha value is -2.81. The molecule has 0 spiro atoms. The van der Waals surface area contributed by atoms with Crippen LogP contribution in [0, 0.1) is 5.92 Å². The molecule has 2 aromatic rings. The fraction of sp³-hybridized carbons (Fsp3) is 0.421. The van der Waals surface area contributed by atoms with E-state index in [1.165, 1.54) is 18.3 Å². The molecule has 28 heavy (non-hydrogen) atoms. The number of rotatable bonds is 6. The maximum atomic E-state index is 12.8. The van der Waals surface area contributed by atoms with E-state index in [0.29, 0.717) is 31.1 Å². The van der Waals surface area contributed by atoms with E-state index in [0.717, 1.165) is 5.56 Å². The second-order valence-corrected chi connectivity index (χ2v) is 7.59. The lowest BCUT2D eigenvalue weighted by atomic mass is 9.95. The maximum absolute atomic E-state index is 12.8. The number of aromatic nitrogens is 2. The van der Waals surface area contributed by atoms with Gasteiger partial charge in [0.05, 0.1) is 12.5 Å². The topological polar surface area (TPSA) is 104 Å². The number of likely N-dealkylation sites (tertiary alicyclic amines) is 1. The first kappa shape index (κ1) is 19.9. The van der Waals surface area contributed by atoms with Crippen LogP contribution >= 0.6 is 11.3 Å². The van der Waals surface area contributed by atoms with E-state index in [9.17, 15) is 14.4 Å². The van der Waals surface area contributed by atoms with Crippen molar-refractivity contribution in [2.24, 2.45) is 5.92 Å². The molecule has 0 saturated carbocycles. The average molecular weight is 401 g/mol. The Morgan fingerprint density at radius 2 is 1.93 bits per heavy atom. The van der Waals surface area contributed by atoms with E-state index in [1.807, 2.05) is 30.3 Å². The van der Waals surface area contributed by atoms with E-state index in [1.54, 1.807) is 10.4 Å². The molecule has 1 atom stereocenters. The molecule has 0 radical (unpaired) electrons. The Bertz CT molecular complexity index is 804. The van der Waals surface area contributed by atoms with Crippen molar-refractivity contribution in [1.82, 2.24) is 20.4 Å². The molecule has 1 aliphatic rings. The Kier molecular flexibility index (Phi) is 6.70. The van der Waals surface area contributed by atoms with Gasteiger partial charge in [-0.15, -0.1) is 10.2 Å². The molecule has 2 heterocycles.